The van der Waals surface area contributed by atoms with Gasteiger partial charge in [-0.15, -0.1) is 5.10 Å². The number of hydrogen-bond donors (Lipinski definition) is 1. The molecule has 2 heterocycles. The van der Waals surface area contributed by atoms with Crippen LogP contribution in [0.15, 0.2) is 11.1 Å². The first-order valence-corrected chi connectivity index (χ1v) is 6.07. The van der Waals surface area contributed by atoms with Crippen molar-refractivity contribution in [1.82, 2.24) is 24.4 Å². The predicted molar refractivity (Wildman–Crippen MR) is 60.4 cm³/mol. The van der Waals surface area contributed by atoms with Crippen molar-refractivity contribution in [3.8, 4) is 0 Å². The van der Waals surface area contributed by atoms with Gasteiger partial charge < -0.3 is 5.11 Å². The van der Waals surface area contributed by atoms with Crippen LogP contribution in [-0.2, 0) is 6.54 Å². The molecule has 0 aliphatic heterocycles. The molecule has 0 aliphatic carbocycles. The molecule has 0 aliphatic rings. The third-order valence-corrected chi connectivity index (χ3v) is 2.72. The van der Waals surface area contributed by atoms with Gasteiger partial charge in [-0.3, -0.25) is 0 Å². The summed E-state index contributed by atoms with van der Waals surface area (Å²) in [4.78, 5) is 26.3. The molecular formula is C8H9N5O3S. The summed E-state index contributed by atoms with van der Waals surface area (Å²) in [5.74, 6) is -0.510. The molecule has 0 saturated heterocycles. The molecule has 90 valence electrons. The fraction of sp³-hybridized carbons (Fsp3) is 0.375. The van der Waals surface area contributed by atoms with E-state index in [9.17, 15) is 9.59 Å². The van der Waals surface area contributed by atoms with Crippen molar-refractivity contribution in [3.05, 3.63) is 22.5 Å². The van der Waals surface area contributed by atoms with Crippen molar-refractivity contribution in [2.24, 2.45) is 0 Å². The lowest BCUT2D eigenvalue weighted by atomic mass is 10.5. The molecule has 2 rings (SSSR count). The van der Waals surface area contributed by atoms with Crippen LogP contribution in [0.2, 0.25) is 0 Å². The van der Waals surface area contributed by atoms with Gasteiger partial charge in [0.1, 0.15) is 6.33 Å². The van der Waals surface area contributed by atoms with Gasteiger partial charge in [-0.1, -0.05) is 5.21 Å². The van der Waals surface area contributed by atoms with Crippen LogP contribution in [0.1, 0.15) is 10.5 Å². The Balaban J connectivity index is 2.54. The SMILES string of the molecule is CSCCn1nnc2c(C(=O)O)ncn2c1=O. The highest BCUT2D eigenvalue weighted by molar-refractivity contribution is 7.98. The van der Waals surface area contributed by atoms with Crippen molar-refractivity contribution in [3.63, 3.8) is 0 Å². The average Bonchev–Trinajstić information content (AvgIpc) is 2.73. The quantitative estimate of drug-likeness (QED) is 0.774. The van der Waals surface area contributed by atoms with E-state index in [1.165, 1.54) is 4.68 Å². The van der Waals surface area contributed by atoms with Gasteiger partial charge in [0, 0.05) is 5.75 Å². The van der Waals surface area contributed by atoms with E-state index in [1.54, 1.807) is 11.8 Å². The van der Waals surface area contributed by atoms with Crippen molar-refractivity contribution in [2.75, 3.05) is 12.0 Å². The lowest BCUT2D eigenvalue weighted by molar-refractivity contribution is 0.0693. The van der Waals surface area contributed by atoms with Crippen LogP contribution in [0.4, 0.5) is 0 Å². The van der Waals surface area contributed by atoms with E-state index in [-0.39, 0.29) is 11.3 Å². The number of aromatic carboxylic acids is 1. The Morgan fingerprint density at radius 1 is 1.59 bits per heavy atom. The second kappa shape index (κ2) is 4.53. The first kappa shape index (κ1) is 11.6. The first-order valence-electron chi connectivity index (χ1n) is 4.68. The second-order valence-electron chi connectivity index (χ2n) is 3.18. The minimum absolute atomic E-state index is 0.0390. The van der Waals surface area contributed by atoms with Crippen LogP contribution in [0.5, 0.6) is 0 Å². The number of carboxylic acids is 1. The van der Waals surface area contributed by atoms with Gasteiger partial charge in [0.15, 0.2) is 11.3 Å². The standard InChI is InChI=1S/C8H9N5O3S/c1-17-3-2-13-8(16)12-4-9-5(7(14)15)6(12)10-11-13/h4H,2-3H2,1H3,(H,14,15). The van der Waals surface area contributed by atoms with Crippen molar-refractivity contribution in [2.45, 2.75) is 6.54 Å². The van der Waals surface area contributed by atoms with E-state index >= 15 is 0 Å². The van der Waals surface area contributed by atoms with E-state index in [1.807, 2.05) is 6.26 Å². The summed E-state index contributed by atoms with van der Waals surface area (Å²) < 4.78 is 2.26. The lowest BCUT2D eigenvalue weighted by Crippen LogP contribution is -2.30. The smallest absolute Gasteiger partial charge is 0.358 e. The van der Waals surface area contributed by atoms with Crippen LogP contribution in [0.25, 0.3) is 5.65 Å². The lowest BCUT2D eigenvalue weighted by Gasteiger charge is -2.01. The van der Waals surface area contributed by atoms with Crippen LogP contribution in [0, 0.1) is 0 Å². The highest BCUT2D eigenvalue weighted by Crippen LogP contribution is 2.02. The first-order chi connectivity index (χ1) is 8.15. The van der Waals surface area contributed by atoms with Gasteiger partial charge in [0.05, 0.1) is 6.54 Å². The molecule has 17 heavy (non-hydrogen) atoms. The molecule has 0 spiro atoms. The number of aromatic nitrogens is 5. The molecule has 1 N–H and O–H groups in total. The molecular weight excluding hydrogens is 246 g/mol. The topological polar surface area (TPSA) is 102 Å². The Bertz CT molecular complexity index is 619. The highest BCUT2D eigenvalue weighted by atomic mass is 32.2. The molecule has 2 aromatic heterocycles. The normalized spacial score (nSPS) is 10.9. The third-order valence-electron chi connectivity index (χ3n) is 2.13. The van der Waals surface area contributed by atoms with Crippen LogP contribution >= 0.6 is 11.8 Å². The average molecular weight is 255 g/mol. The highest BCUT2D eigenvalue weighted by Gasteiger charge is 2.16. The number of aryl methyl sites for hydroxylation is 1. The molecule has 0 atom stereocenters. The minimum atomic E-state index is -1.23. The second-order valence-corrected chi connectivity index (χ2v) is 4.17. The number of imidazole rings is 1. The van der Waals surface area contributed by atoms with Crippen LogP contribution in [-0.4, -0.2) is 47.5 Å². The van der Waals surface area contributed by atoms with Gasteiger partial charge >= 0.3 is 11.7 Å². The molecule has 0 aromatic carbocycles. The fourth-order valence-electron chi connectivity index (χ4n) is 1.31. The van der Waals surface area contributed by atoms with Gasteiger partial charge in [-0.2, -0.15) is 16.4 Å². The predicted octanol–water partition coefficient (Wildman–Crippen LogP) is -0.653. The number of thioether (sulfide) groups is 1. The molecule has 0 bridgehead atoms. The number of rotatable bonds is 4. The number of carboxylic acid groups (broad SMARTS) is 1. The summed E-state index contributed by atoms with van der Waals surface area (Å²) in [6.07, 6.45) is 3.06. The minimum Gasteiger partial charge on any atom is -0.476 e. The fourth-order valence-corrected chi connectivity index (χ4v) is 1.66. The molecule has 8 nitrogen and oxygen atoms in total. The Labute approximate surface area is 99.3 Å². The van der Waals surface area contributed by atoms with Crippen LogP contribution in [0.3, 0.4) is 0 Å². The maximum atomic E-state index is 11.9. The summed E-state index contributed by atoms with van der Waals surface area (Å²) in [5.41, 5.74) is -0.751. The van der Waals surface area contributed by atoms with Crippen molar-refractivity contribution >= 4 is 23.4 Å². The van der Waals surface area contributed by atoms with E-state index in [4.69, 9.17) is 5.11 Å². The van der Waals surface area contributed by atoms with E-state index in [0.29, 0.717) is 6.54 Å². The molecule has 0 radical (unpaired) electrons. The van der Waals surface area contributed by atoms with Gasteiger partial charge in [-0.05, 0) is 6.26 Å². The largest absolute Gasteiger partial charge is 0.476 e. The molecule has 0 fully saturated rings. The maximum absolute atomic E-state index is 11.9. The summed E-state index contributed by atoms with van der Waals surface area (Å²) in [6, 6.07) is 0. The van der Waals surface area contributed by atoms with Crippen molar-refractivity contribution in [1.29, 1.82) is 0 Å². The number of nitrogens with zero attached hydrogens (tertiary/aromatic N) is 5. The monoisotopic (exact) mass is 255 g/mol. The maximum Gasteiger partial charge on any atom is 0.358 e. The zero-order valence-corrected chi connectivity index (χ0v) is 9.72. The Morgan fingerprint density at radius 2 is 2.35 bits per heavy atom. The van der Waals surface area contributed by atoms with E-state index in [2.05, 4.69) is 15.3 Å². The van der Waals surface area contributed by atoms with E-state index < -0.39 is 11.7 Å². The van der Waals surface area contributed by atoms with Crippen LogP contribution < -0.4 is 5.69 Å². The molecule has 2 aromatic rings. The summed E-state index contributed by atoms with van der Waals surface area (Å²) in [7, 11) is 0. The molecule has 0 amide bonds. The van der Waals surface area contributed by atoms with Gasteiger partial charge in [0.2, 0.25) is 0 Å². The summed E-state index contributed by atoms with van der Waals surface area (Å²) in [5, 5.41) is 16.2. The number of fused-ring (bicyclic) bond motifs is 1. The number of hydrogen-bond acceptors (Lipinski definition) is 6. The molecule has 9 heteroatoms. The summed E-state index contributed by atoms with van der Waals surface area (Å²) >= 11 is 1.57. The summed E-state index contributed by atoms with van der Waals surface area (Å²) in [6.45, 7) is 0.420. The van der Waals surface area contributed by atoms with Gasteiger partial charge in [-0.25, -0.2) is 19.0 Å². The van der Waals surface area contributed by atoms with Crippen molar-refractivity contribution < 1.29 is 9.90 Å². The Hall–Kier alpha value is -1.90. The zero-order valence-electron chi connectivity index (χ0n) is 8.90. The van der Waals surface area contributed by atoms with E-state index in [0.717, 1.165) is 16.5 Å². The van der Waals surface area contributed by atoms with Gasteiger partial charge in [0.25, 0.3) is 0 Å². The Morgan fingerprint density at radius 3 is 3.00 bits per heavy atom. The Kier molecular flexibility index (Phi) is 3.09. The molecule has 0 unspecified atom stereocenters. The third kappa shape index (κ3) is 2.00. The zero-order chi connectivity index (χ0) is 12.4. The number of carbonyl (C=O) groups is 1. The molecule has 0 saturated carbocycles.